The van der Waals surface area contributed by atoms with Crippen molar-refractivity contribution in [2.75, 3.05) is 0 Å². The Morgan fingerprint density at radius 1 is 1.53 bits per heavy atom. The number of H-pyrrole nitrogens is 1. The van der Waals surface area contributed by atoms with Gasteiger partial charge in [0.05, 0.1) is 12.1 Å². The van der Waals surface area contributed by atoms with Gasteiger partial charge in [-0.15, -0.1) is 0 Å². The zero-order chi connectivity index (χ0) is 14.0. The molecule has 0 bridgehead atoms. The monoisotopic (exact) mass is 262 g/mol. The van der Waals surface area contributed by atoms with Crippen LogP contribution in [0.4, 0.5) is 4.39 Å². The fourth-order valence-corrected chi connectivity index (χ4v) is 1.99. The molecular weight excluding hydrogens is 247 g/mol. The average molecular weight is 262 g/mol. The molecule has 1 aromatic carbocycles. The Balaban J connectivity index is 2.33. The van der Waals surface area contributed by atoms with E-state index in [9.17, 15) is 9.18 Å². The predicted molar refractivity (Wildman–Crippen MR) is 69.4 cm³/mol. The first-order valence-corrected chi connectivity index (χ1v) is 6.01. The van der Waals surface area contributed by atoms with Crippen LogP contribution in [0.15, 0.2) is 24.3 Å². The number of halogens is 1. The van der Waals surface area contributed by atoms with Gasteiger partial charge in [-0.1, -0.05) is 19.1 Å². The molecule has 0 spiro atoms. The summed E-state index contributed by atoms with van der Waals surface area (Å²) in [6.45, 7) is 3.63. The number of carbonyl (C=O) groups is 1. The van der Waals surface area contributed by atoms with Gasteiger partial charge in [-0.25, -0.2) is 9.37 Å². The third kappa shape index (κ3) is 2.99. The largest absolute Gasteiger partial charge is 0.481 e. The van der Waals surface area contributed by atoms with Gasteiger partial charge in [-0.05, 0) is 19.1 Å². The van der Waals surface area contributed by atoms with Crippen LogP contribution in [0.1, 0.15) is 30.8 Å². The van der Waals surface area contributed by atoms with Crippen LogP contribution in [0.25, 0.3) is 11.3 Å². The fraction of sp³-hybridized carbons (Fsp3) is 0.286. The standard InChI is InChI=1S/C14H15FN2O2/c1-8(6-12(18)19)14-16-9(2)13(17-14)10-4-3-5-11(15)7-10/h3-5,7-8H,6H2,1-2H3,(H,16,17)(H,18,19). The Hall–Kier alpha value is -2.17. The zero-order valence-electron chi connectivity index (χ0n) is 10.8. The molecular formula is C14H15FN2O2. The van der Waals surface area contributed by atoms with Gasteiger partial charge in [0.1, 0.15) is 11.6 Å². The molecule has 5 heteroatoms. The Kier molecular flexibility index (Phi) is 3.64. The molecule has 0 aliphatic carbocycles. The maximum absolute atomic E-state index is 13.2. The van der Waals surface area contributed by atoms with E-state index in [0.29, 0.717) is 17.1 Å². The number of carboxylic acids is 1. The molecule has 19 heavy (non-hydrogen) atoms. The van der Waals surface area contributed by atoms with Gasteiger partial charge in [-0.2, -0.15) is 0 Å². The number of hydrogen-bond acceptors (Lipinski definition) is 2. The lowest BCUT2D eigenvalue weighted by Gasteiger charge is -2.03. The van der Waals surface area contributed by atoms with Gasteiger partial charge in [-0.3, -0.25) is 4.79 Å². The molecule has 1 atom stereocenters. The van der Waals surface area contributed by atoms with Crippen molar-refractivity contribution in [3.8, 4) is 11.3 Å². The molecule has 4 nitrogen and oxygen atoms in total. The van der Waals surface area contributed by atoms with E-state index in [1.807, 2.05) is 6.92 Å². The number of aryl methyl sites for hydroxylation is 1. The highest BCUT2D eigenvalue weighted by molar-refractivity contribution is 5.68. The van der Waals surface area contributed by atoms with Crippen LogP contribution in [0.2, 0.25) is 0 Å². The van der Waals surface area contributed by atoms with E-state index in [1.165, 1.54) is 12.1 Å². The number of hydrogen-bond donors (Lipinski definition) is 2. The summed E-state index contributed by atoms with van der Waals surface area (Å²) < 4.78 is 13.2. The van der Waals surface area contributed by atoms with E-state index < -0.39 is 5.97 Å². The first kappa shape index (κ1) is 13.3. The molecule has 1 unspecified atom stereocenters. The van der Waals surface area contributed by atoms with Crippen molar-refractivity contribution >= 4 is 5.97 Å². The molecule has 0 aliphatic heterocycles. The molecule has 100 valence electrons. The Bertz CT molecular complexity index is 607. The highest BCUT2D eigenvalue weighted by atomic mass is 19.1. The number of rotatable bonds is 4. The minimum atomic E-state index is -0.867. The van der Waals surface area contributed by atoms with Crippen molar-refractivity contribution in [1.82, 2.24) is 9.97 Å². The second kappa shape index (κ2) is 5.22. The molecule has 0 saturated heterocycles. The molecule has 0 amide bonds. The number of aromatic amines is 1. The molecule has 0 fully saturated rings. The van der Waals surface area contributed by atoms with Crippen molar-refractivity contribution < 1.29 is 14.3 Å². The summed E-state index contributed by atoms with van der Waals surface area (Å²) >= 11 is 0. The lowest BCUT2D eigenvalue weighted by molar-refractivity contribution is -0.137. The first-order chi connectivity index (χ1) is 8.97. The highest BCUT2D eigenvalue weighted by Gasteiger charge is 2.16. The first-order valence-electron chi connectivity index (χ1n) is 6.01. The van der Waals surface area contributed by atoms with Crippen molar-refractivity contribution in [2.24, 2.45) is 0 Å². The van der Waals surface area contributed by atoms with Gasteiger partial charge in [0.2, 0.25) is 0 Å². The maximum Gasteiger partial charge on any atom is 0.304 e. The van der Waals surface area contributed by atoms with E-state index in [1.54, 1.807) is 19.1 Å². The van der Waals surface area contributed by atoms with Crippen molar-refractivity contribution in [2.45, 2.75) is 26.2 Å². The molecule has 0 radical (unpaired) electrons. The predicted octanol–water partition coefficient (Wildman–Crippen LogP) is 3.10. The summed E-state index contributed by atoms with van der Waals surface area (Å²) in [5, 5.41) is 8.78. The van der Waals surface area contributed by atoms with Gasteiger partial charge < -0.3 is 10.1 Å². The number of aliphatic carboxylic acids is 1. The summed E-state index contributed by atoms with van der Waals surface area (Å²) in [4.78, 5) is 18.2. The summed E-state index contributed by atoms with van der Waals surface area (Å²) in [6.07, 6.45) is 0.00947. The van der Waals surface area contributed by atoms with Crippen molar-refractivity contribution in [1.29, 1.82) is 0 Å². The molecule has 2 aromatic rings. The second-order valence-corrected chi connectivity index (χ2v) is 4.60. The van der Waals surface area contributed by atoms with E-state index in [-0.39, 0.29) is 18.2 Å². The van der Waals surface area contributed by atoms with Gasteiger partial charge >= 0.3 is 5.97 Å². The highest BCUT2D eigenvalue weighted by Crippen LogP contribution is 2.25. The number of carboxylic acid groups (broad SMARTS) is 1. The fourth-order valence-electron chi connectivity index (χ4n) is 1.99. The summed E-state index contributed by atoms with van der Waals surface area (Å²) in [5.74, 6) is -0.786. The quantitative estimate of drug-likeness (QED) is 0.889. The van der Waals surface area contributed by atoms with Crippen LogP contribution in [0, 0.1) is 12.7 Å². The average Bonchev–Trinajstić information content (AvgIpc) is 2.70. The SMILES string of the molecule is Cc1[nH]c(C(C)CC(=O)O)nc1-c1cccc(F)c1. The lowest BCUT2D eigenvalue weighted by Crippen LogP contribution is -2.04. The Morgan fingerprint density at radius 3 is 2.89 bits per heavy atom. The number of aromatic nitrogens is 2. The van der Waals surface area contributed by atoms with Gasteiger partial charge in [0.15, 0.2) is 0 Å². The van der Waals surface area contributed by atoms with Gasteiger partial charge in [0, 0.05) is 17.2 Å². The van der Waals surface area contributed by atoms with Crippen LogP contribution in [-0.2, 0) is 4.79 Å². The summed E-state index contributed by atoms with van der Waals surface area (Å²) in [7, 11) is 0. The van der Waals surface area contributed by atoms with E-state index in [0.717, 1.165) is 5.69 Å². The molecule has 0 aliphatic rings. The van der Waals surface area contributed by atoms with Crippen LogP contribution in [0.3, 0.4) is 0 Å². The molecule has 2 N–H and O–H groups in total. The molecule has 2 rings (SSSR count). The number of nitrogens with zero attached hydrogens (tertiary/aromatic N) is 1. The van der Waals surface area contributed by atoms with E-state index >= 15 is 0 Å². The smallest absolute Gasteiger partial charge is 0.304 e. The zero-order valence-corrected chi connectivity index (χ0v) is 10.8. The summed E-state index contributed by atoms with van der Waals surface area (Å²) in [5.41, 5.74) is 2.15. The Labute approximate surface area is 110 Å². The van der Waals surface area contributed by atoms with E-state index in [4.69, 9.17) is 5.11 Å². The topological polar surface area (TPSA) is 66.0 Å². The van der Waals surface area contributed by atoms with Crippen molar-refractivity contribution in [3.05, 3.63) is 41.6 Å². The van der Waals surface area contributed by atoms with Crippen LogP contribution >= 0.6 is 0 Å². The third-order valence-electron chi connectivity index (χ3n) is 2.95. The van der Waals surface area contributed by atoms with Crippen molar-refractivity contribution in [3.63, 3.8) is 0 Å². The van der Waals surface area contributed by atoms with Crippen LogP contribution in [-0.4, -0.2) is 21.0 Å². The molecule has 1 heterocycles. The lowest BCUT2D eigenvalue weighted by atomic mass is 10.1. The summed E-state index contributed by atoms with van der Waals surface area (Å²) in [6, 6.07) is 6.19. The molecule has 1 aromatic heterocycles. The van der Waals surface area contributed by atoms with E-state index in [2.05, 4.69) is 9.97 Å². The third-order valence-corrected chi connectivity index (χ3v) is 2.95. The Morgan fingerprint density at radius 2 is 2.26 bits per heavy atom. The number of imidazole rings is 1. The molecule has 0 saturated carbocycles. The van der Waals surface area contributed by atoms with Crippen LogP contribution < -0.4 is 0 Å². The maximum atomic E-state index is 13.2. The van der Waals surface area contributed by atoms with Gasteiger partial charge in [0.25, 0.3) is 0 Å². The minimum Gasteiger partial charge on any atom is -0.481 e. The normalized spacial score (nSPS) is 12.4. The second-order valence-electron chi connectivity index (χ2n) is 4.60. The minimum absolute atomic E-state index is 0.00947. The number of nitrogens with one attached hydrogen (secondary N) is 1. The number of benzene rings is 1. The van der Waals surface area contributed by atoms with Crippen LogP contribution in [0.5, 0.6) is 0 Å².